The summed E-state index contributed by atoms with van der Waals surface area (Å²) in [6.07, 6.45) is 3.93. The van der Waals surface area contributed by atoms with E-state index in [1.165, 1.54) is 50.2 Å². The van der Waals surface area contributed by atoms with Gasteiger partial charge in [0.15, 0.2) is 0 Å². The molecule has 0 bridgehead atoms. The number of rotatable bonds is 6. The van der Waals surface area contributed by atoms with Gasteiger partial charge < -0.3 is 10.2 Å². The van der Waals surface area contributed by atoms with Crippen molar-refractivity contribution in [1.82, 2.24) is 10.2 Å². The second kappa shape index (κ2) is 7.11. The average Bonchev–Trinajstić information content (AvgIpc) is 2.94. The molecule has 0 aliphatic carbocycles. The Labute approximate surface area is 123 Å². The van der Waals surface area contributed by atoms with E-state index in [4.69, 9.17) is 23.2 Å². The predicted molar refractivity (Wildman–Crippen MR) is 81.0 cm³/mol. The van der Waals surface area contributed by atoms with Crippen molar-refractivity contribution in [2.75, 3.05) is 26.2 Å². The van der Waals surface area contributed by atoms with Crippen molar-refractivity contribution in [3.8, 4) is 0 Å². The molecule has 102 valence electrons. The van der Waals surface area contributed by atoms with E-state index < -0.39 is 0 Å². The van der Waals surface area contributed by atoms with Crippen LogP contribution in [0.25, 0.3) is 0 Å². The summed E-state index contributed by atoms with van der Waals surface area (Å²) in [5.74, 6) is 0. The smallest absolute Gasteiger partial charge is 0.0991 e. The largest absolute Gasteiger partial charge is 0.310 e. The summed E-state index contributed by atoms with van der Waals surface area (Å²) >= 11 is 13.5. The van der Waals surface area contributed by atoms with Crippen LogP contribution >= 0.6 is 34.5 Å². The van der Waals surface area contributed by atoms with Gasteiger partial charge in [-0.25, -0.2) is 0 Å². The maximum atomic E-state index is 6.14. The molecule has 1 aliphatic rings. The highest BCUT2D eigenvalue weighted by Gasteiger charge is 2.13. The number of nitrogens with zero attached hydrogens (tertiary/aromatic N) is 1. The molecular weight excluding hydrogens is 287 g/mol. The summed E-state index contributed by atoms with van der Waals surface area (Å²) in [4.78, 5) is 2.54. The van der Waals surface area contributed by atoms with Gasteiger partial charge in [-0.15, -0.1) is 11.3 Å². The molecule has 1 N–H and O–H groups in total. The van der Waals surface area contributed by atoms with E-state index in [0.717, 1.165) is 20.8 Å². The van der Waals surface area contributed by atoms with Crippen LogP contribution in [0.3, 0.4) is 0 Å². The highest BCUT2D eigenvalue weighted by Crippen LogP contribution is 2.34. The molecule has 1 unspecified atom stereocenters. The van der Waals surface area contributed by atoms with Gasteiger partial charge in [0.05, 0.1) is 8.67 Å². The van der Waals surface area contributed by atoms with Crippen LogP contribution in [0, 0.1) is 0 Å². The molecule has 1 aromatic rings. The Kier molecular flexibility index (Phi) is 5.77. The highest BCUT2D eigenvalue weighted by molar-refractivity contribution is 7.20. The minimum absolute atomic E-state index is 0.278. The molecule has 0 amide bonds. The van der Waals surface area contributed by atoms with Gasteiger partial charge in [-0.1, -0.05) is 23.2 Å². The molecule has 1 atom stereocenters. The van der Waals surface area contributed by atoms with Crippen molar-refractivity contribution in [2.24, 2.45) is 0 Å². The molecular formula is C13H20Cl2N2S. The first-order valence-electron chi connectivity index (χ1n) is 6.57. The van der Waals surface area contributed by atoms with Crippen molar-refractivity contribution < 1.29 is 0 Å². The van der Waals surface area contributed by atoms with Gasteiger partial charge in [0, 0.05) is 6.04 Å². The first kappa shape index (κ1) is 14.6. The monoisotopic (exact) mass is 306 g/mol. The average molecular weight is 307 g/mol. The molecule has 1 fully saturated rings. The van der Waals surface area contributed by atoms with Crippen LogP contribution in [0.15, 0.2) is 6.07 Å². The fraction of sp³-hybridized carbons (Fsp3) is 0.692. The zero-order valence-electron chi connectivity index (χ0n) is 10.7. The molecule has 0 saturated carbocycles. The van der Waals surface area contributed by atoms with Gasteiger partial charge in [0.2, 0.25) is 0 Å². The summed E-state index contributed by atoms with van der Waals surface area (Å²) in [6.45, 7) is 6.93. The quantitative estimate of drug-likeness (QED) is 0.793. The highest BCUT2D eigenvalue weighted by atomic mass is 35.5. The lowest BCUT2D eigenvalue weighted by Crippen LogP contribution is -2.26. The first-order chi connectivity index (χ1) is 8.66. The number of likely N-dealkylation sites (tertiary alicyclic amines) is 1. The van der Waals surface area contributed by atoms with Crippen LogP contribution in [-0.2, 0) is 0 Å². The Morgan fingerprint density at radius 1 is 1.39 bits per heavy atom. The van der Waals surface area contributed by atoms with Gasteiger partial charge in [-0.2, -0.15) is 0 Å². The Hall–Kier alpha value is 0.200. The molecule has 1 saturated heterocycles. The molecule has 18 heavy (non-hydrogen) atoms. The lowest BCUT2D eigenvalue weighted by atomic mass is 10.2. The Bertz CT molecular complexity index is 375. The zero-order chi connectivity index (χ0) is 13.0. The van der Waals surface area contributed by atoms with E-state index >= 15 is 0 Å². The van der Waals surface area contributed by atoms with Crippen LogP contribution in [0.1, 0.15) is 37.8 Å². The fourth-order valence-corrected chi connectivity index (χ4v) is 4.03. The maximum absolute atomic E-state index is 6.14. The third kappa shape index (κ3) is 4.10. The Morgan fingerprint density at radius 3 is 2.72 bits per heavy atom. The second-order valence-corrected chi connectivity index (χ2v) is 7.14. The molecule has 0 spiro atoms. The predicted octanol–water partition coefficient (Wildman–Crippen LogP) is 4.19. The molecule has 1 aliphatic heterocycles. The van der Waals surface area contributed by atoms with Gasteiger partial charge in [0.1, 0.15) is 0 Å². The van der Waals surface area contributed by atoms with Gasteiger partial charge >= 0.3 is 0 Å². The number of halogens is 2. The molecule has 1 aromatic heterocycles. The standard InChI is InChI=1S/C13H20Cl2N2S/c1-10(11-9-12(14)18-13(11)15)16-5-4-8-17-6-2-3-7-17/h9-10,16H,2-8H2,1H3. The SMILES string of the molecule is CC(NCCCN1CCCC1)c1cc(Cl)sc1Cl. The number of thiophene rings is 1. The summed E-state index contributed by atoms with van der Waals surface area (Å²) in [5.41, 5.74) is 1.12. The normalized spacial score (nSPS) is 18.4. The molecule has 2 rings (SSSR count). The minimum Gasteiger partial charge on any atom is -0.310 e. The fourth-order valence-electron chi connectivity index (χ4n) is 2.39. The van der Waals surface area contributed by atoms with E-state index in [1.54, 1.807) is 0 Å². The minimum atomic E-state index is 0.278. The third-order valence-electron chi connectivity index (χ3n) is 3.45. The number of hydrogen-bond acceptors (Lipinski definition) is 3. The van der Waals surface area contributed by atoms with Crippen LogP contribution in [0.2, 0.25) is 8.67 Å². The van der Waals surface area contributed by atoms with Crippen LogP contribution in [-0.4, -0.2) is 31.1 Å². The third-order valence-corrected chi connectivity index (χ3v) is 4.97. The lowest BCUT2D eigenvalue weighted by Gasteiger charge is -2.16. The topological polar surface area (TPSA) is 15.3 Å². The summed E-state index contributed by atoms with van der Waals surface area (Å²) < 4.78 is 1.57. The van der Waals surface area contributed by atoms with Crippen LogP contribution in [0.4, 0.5) is 0 Å². The van der Waals surface area contributed by atoms with Crippen molar-refractivity contribution >= 4 is 34.5 Å². The first-order valence-corrected chi connectivity index (χ1v) is 8.14. The lowest BCUT2D eigenvalue weighted by molar-refractivity contribution is 0.328. The number of hydrogen-bond donors (Lipinski definition) is 1. The van der Waals surface area contributed by atoms with Crippen LogP contribution in [0.5, 0.6) is 0 Å². The van der Waals surface area contributed by atoms with Crippen LogP contribution < -0.4 is 5.32 Å². The van der Waals surface area contributed by atoms with E-state index in [-0.39, 0.29) is 6.04 Å². The van der Waals surface area contributed by atoms with Crippen molar-refractivity contribution in [2.45, 2.75) is 32.2 Å². The molecule has 5 heteroatoms. The molecule has 2 heterocycles. The van der Waals surface area contributed by atoms with E-state index in [2.05, 4.69) is 17.1 Å². The maximum Gasteiger partial charge on any atom is 0.0991 e. The molecule has 0 aromatic carbocycles. The van der Waals surface area contributed by atoms with E-state index in [0.29, 0.717) is 0 Å². The van der Waals surface area contributed by atoms with Gasteiger partial charge in [-0.3, -0.25) is 0 Å². The second-order valence-electron chi connectivity index (χ2n) is 4.86. The van der Waals surface area contributed by atoms with Gasteiger partial charge in [0.25, 0.3) is 0 Å². The Balaban J connectivity index is 1.68. The zero-order valence-corrected chi connectivity index (χ0v) is 13.0. The Morgan fingerprint density at radius 2 is 2.11 bits per heavy atom. The van der Waals surface area contributed by atoms with Crippen molar-refractivity contribution in [3.05, 3.63) is 20.3 Å². The molecule has 0 radical (unpaired) electrons. The van der Waals surface area contributed by atoms with E-state index in [9.17, 15) is 0 Å². The number of nitrogens with one attached hydrogen (secondary N) is 1. The summed E-state index contributed by atoms with van der Waals surface area (Å²) in [5, 5.41) is 3.51. The van der Waals surface area contributed by atoms with Crippen molar-refractivity contribution in [1.29, 1.82) is 0 Å². The van der Waals surface area contributed by atoms with E-state index in [1.807, 2.05) is 6.07 Å². The molecule has 2 nitrogen and oxygen atoms in total. The van der Waals surface area contributed by atoms with Crippen molar-refractivity contribution in [3.63, 3.8) is 0 Å². The summed E-state index contributed by atoms with van der Waals surface area (Å²) in [6, 6.07) is 2.24. The summed E-state index contributed by atoms with van der Waals surface area (Å²) in [7, 11) is 0. The van der Waals surface area contributed by atoms with Gasteiger partial charge in [-0.05, 0) is 64.0 Å².